The molecule has 8 nitrogen and oxygen atoms in total. The Balaban J connectivity index is 1.72. The maximum atomic E-state index is 12.4. The number of nitrogens with zero attached hydrogens (tertiary/aromatic N) is 4. The van der Waals surface area contributed by atoms with E-state index in [2.05, 4.69) is 21.6 Å². The molecular weight excluding hydrogens is 334 g/mol. The number of hydrogen-bond acceptors (Lipinski definition) is 5. The summed E-state index contributed by atoms with van der Waals surface area (Å²) in [6.07, 6.45) is 2.01. The first-order valence-corrected chi connectivity index (χ1v) is 8.24. The van der Waals surface area contributed by atoms with E-state index in [1.165, 1.54) is 11.8 Å². The van der Waals surface area contributed by atoms with Gasteiger partial charge in [0.1, 0.15) is 0 Å². The minimum absolute atomic E-state index is 0.0980. The van der Waals surface area contributed by atoms with Crippen LogP contribution in [0.1, 0.15) is 28.2 Å². The van der Waals surface area contributed by atoms with Crippen LogP contribution in [0.3, 0.4) is 0 Å². The highest BCUT2D eigenvalue weighted by Crippen LogP contribution is 2.21. The molecule has 1 aromatic carbocycles. The molecule has 136 valence electrons. The molecule has 2 aromatic heterocycles. The number of anilines is 1. The Bertz CT molecular complexity index is 986. The Morgan fingerprint density at radius 1 is 1.27 bits per heavy atom. The van der Waals surface area contributed by atoms with Crippen LogP contribution in [0.2, 0.25) is 0 Å². The third-order valence-electron chi connectivity index (χ3n) is 4.33. The third-order valence-corrected chi connectivity index (χ3v) is 4.33. The molecule has 0 aliphatic rings. The molecule has 1 N–H and O–H groups in total. The van der Waals surface area contributed by atoms with Gasteiger partial charge in [0.05, 0.1) is 36.7 Å². The fourth-order valence-electron chi connectivity index (χ4n) is 2.79. The van der Waals surface area contributed by atoms with Crippen molar-refractivity contribution >= 4 is 28.5 Å². The van der Waals surface area contributed by atoms with E-state index in [1.807, 2.05) is 19.1 Å². The molecule has 3 rings (SSSR count). The van der Waals surface area contributed by atoms with Crippen molar-refractivity contribution < 1.29 is 14.3 Å². The average molecular weight is 355 g/mol. The maximum absolute atomic E-state index is 12.4. The van der Waals surface area contributed by atoms with E-state index < -0.39 is 5.97 Å². The van der Waals surface area contributed by atoms with Crippen molar-refractivity contribution in [3.63, 3.8) is 0 Å². The number of aromatic nitrogens is 4. The van der Waals surface area contributed by atoms with Gasteiger partial charge in [0, 0.05) is 18.9 Å². The van der Waals surface area contributed by atoms with E-state index in [0.29, 0.717) is 17.9 Å². The molecular formula is C18H21N5O3. The maximum Gasteiger partial charge on any atom is 0.360 e. The number of nitrogens with one attached hydrogen (secondary N) is 1. The fourth-order valence-corrected chi connectivity index (χ4v) is 2.79. The number of aryl methyl sites for hydroxylation is 3. The summed E-state index contributed by atoms with van der Waals surface area (Å²) < 4.78 is 8.05. The molecule has 0 fully saturated rings. The molecule has 0 aliphatic carbocycles. The van der Waals surface area contributed by atoms with Crippen LogP contribution in [-0.2, 0) is 23.1 Å². The molecule has 26 heavy (non-hydrogen) atoms. The van der Waals surface area contributed by atoms with E-state index in [0.717, 1.165) is 16.5 Å². The van der Waals surface area contributed by atoms with Crippen LogP contribution in [-0.4, -0.2) is 38.5 Å². The van der Waals surface area contributed by atoms with Crippen molar-refractivity contribution in [2.45, 2.75) is 26.8 Å². The van der Waals surface area contributed by atoms with E-state index >= 15 is 0 Å². The van der Waals surface area contributed by atoms with Gasteiger partial charge in [-0.3, -0.25) is 14.2 Å². The van der Waals surface area contributed by atoms with Crippen molar-refractivity contribution in [2.75, 3.05) is 12.4 Å². The first-order chi connectivity index (χ1) is 12.4. The van der Waals surface area contributed by atoms with Crippen molar-refractivity contribution in [1.82, 2.24) is 19.6 Å². The summed E-state index contributed by atoms with van der Waals surface area (Å²) >= 11 is 0. The Morgan fingerprint density at radius 3 is 2.77 bits per heavy atom. The van der Waals surface area contributed by atoms with Crippen LogP contribution in [0.4, 0.5) is 5.69 Å². The summed E-state index contributed by atoms with van der Waals surface area (Å²) in [5.41, 5.74) is 3.30. The average Bonchev–Trinajstić information content (AvgIpc) is 3.14. The molecule has 0 atom stereocenters. The van der Waals surface area contributed by atoms with Crippen molar-refractivity contribution in [2.24, 2.45) is 7.05 Å². The molecule has 0 spiro atoms. The smallest absolute Gasteiger partial charge is 0.360 e. The van der Waals surface area contributed by atoms with Crippen LogP contribution in [0.5, 0.6) is 0 Å². The zero-order valence-corrected chi connectivity index (χ0v) is 15.2. The number of ether oxygens (including phenoxy) is 1. The normalized spacial score (nSPS) is 10.9. The second-order valence-corrected chi connectivity index (χ2v) is 6.15. The molecule has 3 aromatic rings. The minimum atomic E-state index is -0.586. The zero-order valence-electron chi connectivity index (χ0n) is 15.2. The molecule has 8 heteroatoms. The SMILES string of the molecule is COC(=O)c1nn(C)c(C)c1NC(=O)CCn1ncc2cc(C)ccc21. The fraction of sp³-hybridized carbons (Fsp3) is 0.333. The topological polar surface area (TPSA) is 91.0 Å². The predicted molar refractivity (Wildman–Crippen MR) is 97.0 cm³/mol. The van der Waals surface area contributed by atoms with Crippen molar-refractivity contribution in [3.8, 4) is 0 Å². The zero-order chi connectivity index (χ0) is 18.8. The highest BCUT2D eigenvalue weighted by molar-refractivity contribution is 6.00. The third kappa shape index (κ3) is 3.30. The molecule has 0 bridgehead atoms. The molecule has 0 unspecified atom stereocenters. The first-order valence-electron chi connectivity index (χ1n) is 8.24. The standard InChI is InChI=1S/C18H21N5O3/c1-11-5-6-14-13(9-11)10-19-23(14)8-7-15(24)20-16-12(2)22(3)21-17(16)18(25)26-4/h5-6,9-10H,7-8H2,1-4H3,(H,20,24). The summed E-state index contributed by atoms with van der Waals surface area (Å²) in [5, 5.41) is 12.3. The number of rotatable bonds is 5. The summed E-state index contributed by atoms with van der Waals surface area (Å²) in [4.78, 5) is 24.2. The van der Waals surface area contributed by atoms with Crippen molar-refractivity contribution in [1.29, 1.82) is 0 Å². The van der Waals surface area contributed by atoms with Crippen LogP contribution in [0.25, 0.3) is 10.9 Å². The number of carbonyl (C=O) groups is 2. The highest BCUT2D eigenvalue weighted by Gasteiger charge is 2.22. The van der Waals surface area contributed by atoms with E-state index in [-0.39, 0.29) is 18.0 Å². The van der Waals surface area contributed by atoms with Gasteiger partial charge in [-0.2, -0.15) is 10.2 Å². The number of benzene rings is 1. The molecule has 1 amide bonds. The molecule has 0 radical (unpaired) electrons. The summed E-state index contributed by atoms with van der Waals surface area (Å²) in [7, 11) is 2.98. The van der Waals surface area contributed by atoms with E-state index in [9.17, 15) is 9.59 Å². The van der Waals surface area contributed by atoms with Gasteiger partial charge >= 0.3 is 5.97 Å². The Labute approximate surface area is 150 Å². The predicted octanol–water partition coefficient (Wildman–Crippen LogP) is 2.20. The van der Waals surface area contributed by atoms with Gasteiger partial charge in [0.2, 0.25) is 5.91 Å². The lowest BCUT2D eigenvalue weighted by atomic mass is 10.2. The van der Waals surface area contributed by atoms with Gasteiger partial charge in [-0.15, -0.1) is 0 Å². The number of amides is 1. The van der Waals surface area contributed by atoms with Crippen LogP contribution in [0, 0.1) is 13.8 Å². The lowest BCUT2D eigenvalue weighted by Gasteiger charge is -2.07. The molecule has 0 saturated carbocycles. The Hall–Kier alpha value is -3.16. The van der Waals surface area contributed by atoms with Crippen molar-refractivity contribution in [3.05, 3.63) is 41.3 Å². The largest absolute Gasteiger partial charge is 0.464 e. The van der Waals surface area contributed by atoms with Gasteiger partial charge in [0.25, 0.3) is 0 Å². The van der Waals surface area contributed by atoms with Crippen LogP contribution in [0.15, 0.2) is 24.4 Å². The Kier molecular flexibility index (Phi) is 4.75. The number of esters is 1. The van der Waals surface area contributed by atoms with Crippen LogP contribution < -0.4 is 5.32 Å². The van der Waals surface area contributed by atoms with Gasteiger partial charge in [0.15, 0.2) is 5.69 Å². The second-order valence-electron chi connectivity index (χ2n) is 6.15. The number of fused-ring (bicyclic) bond motifs is 1. The van der Waals surface area contributed by atoms with Gasteiger partial charge < -0.3 is 10.1 Å². The first kappa shape index (κ1) is 17.7. The monoisotopic (exact) mass is 355 g/mol. The lowest BCUT2D eigenvalue weighted by Crippen LogP contribution is -2.17. The van der Waals surface area contributed by atoms with E-state index in [4.69, 9.17) is 4.74 Å². The summed E-state index contributed by atoms with van der Waals surface area (Å²) in [6, 6.07) is 6.07. The minimum Gasteiger partial charge on any atom is -0.464 e. The van der Waals surface area contributed by atoms with Crippen LogP contribution >= 0.6 is 0 Å². The summed E-state index contributed by atoms with van der Waals surface area (Å²) in [6.45, 7) is 4.24. The molecule has 2 heterocycles. The number of carbonyl (C=O) groups excluding carboxylic acids is 2. The summed E-state index contributed by atoms with van der Waals surface area (Å²) in [5.74, 6) is -0.806. The molecule has 0 aliphatic heterocycles. The second kappa shape index (κ2) is 6.99. The quantitative estimate of drug-likeness (QED) is 0.709. The molecule has 0 saturated heterocycles. The lowest BCUT2D eigenvalue weighted by molar-refractivity contribution is -0.116. The Morgan fingerprint density at radius 2 is 2.04 bits per heavy atom. The van der Waals surface area contributed by atoms with Gasteiger partial charge in [-0.05, 0) is 26.0 Å². The van der Waals surface area contributed by atoms with Gasteiger partial charge in [-0.25, -0.2) is 4.79 Å². The highest BCUT2D eigenvalue weighted by atomic mass is 16.5. The number of hydrogen-bond donors (Lipinski definition) is 1. The number of methoxy groups -OCH3 is 1. The van der Waals surface area contributed by atoms with E-state index in [1.54, 1.807) is 24.9 Å². The van der Waals surface area contributed by atoms with Gasteiger partial charge in [-0.1, -0.05) is 11.6 Å².